The fraction of sp³-hybridized carbons (Fsp3) is 0.800. The van der Waals surface area contributed by atoms with Crippen LogP contribution in [0.4, 0.5) is 0 Å². The molecule has 4 heteroatoms. The quantitative estimate of drug-likeness (QED) is 0.819. The van der Waals surface area contributed by atoms with Crippen LogP contribution in [-0.4, -0.2) is 17.4 Å². The first-order valence-electron chi connectivity index (χ1n) is 7.17. The summed E-state index contributed by atoms with van der Waals surface area (Å²) in [4.78, 5) is 4.72. The number of hydrogen-bond donors (Lipinski definition) is 1. The van der Waals surface area contributed by atoms with Gasteiger partial charge in [-0.1, -0.05) is 33.6 Å². The molecule has 108 valence electrons. The van der Waals surface area contributed by atoms with Gasteiger partial charge in [0.25, 0.3) is 0 Å². The fourth-order valence-corrected chi connectivity index (χ4v) is 4.01. The number of thiazole rings is 1. The number of hydrogen-bond acceptors (Lipinski definition) is 3. The molecule has 0 radical (unpaired) electrons. The van der Waals surface area contributed by atoms with E-state index in [4.69, 9.17) is 16.6 Å². The van der Waals surface area contributed by atoms with Crippen molar-refractivity contribution in [2.24, 2.45) is 5.41 Å². The minimum absolute atomic E-state index is 0.150. The van der Waals surface area contributed by atoms with Crippen LogP contribution in [0.2, 0.25) is 0 Å². The molecule has 0 bridgehead atoms. The summed E-state index contributed by atoms with van der Waals surface area (Å²) in [5.74, 6) is 0.783. The van der Waals surface area contributed by atoms with Crippen LogP contribution in [0.15, 0.2) is 5.38 Å². The van der Waals surface area contributed by atoms with Crippen LogP contribution in [0.5, 0.6) is 0 Å². The highest BCUT2D eigenvalue weighted by Crippen LogP contribution is 2.38. The fourth-order valence-electron chi connectivity index (χ4n) is 2.65. The van der Waals surface area contributed by atoms with Gasteiger partial charge in [-0.25, -0.2) is 4.98 Å². The summed E-state index contributed by atoms with van der Waals surface area (Å²) in [7, 11) is 0. The number of nitrogens with one attached hydrogen (secondary N) is 1. The summed E-state index contributed by atoms with van der Waals surface area (Å²) < 4.78 is 0. The lowest BCUT2D eigenvalue weighted by Gasteiger charge is -2.26. The van der Waals surface area contributed by atoms with Gasteiger partial charge >= 0.3 is 0 Å². The van der Waals surface area contributed by atoms with Gasteiger partial charge in [-0.3, -0.25) is 0 Å². The SMILES string of the molecule is CC(C)(C)c1csc(CNCC2(CCl)CCCC2)n1. The Labute approximate surface area is 126 Å². The monoisotopic (exact) mass is 300 g/mol. The number of aromatic nitrogens is 1. The summed E-state index contributed by atoms with van der Waals surface area (Å²) in [5.41, 5.74) is 1.69. The van der Waals surface area contributed by atoms with E-state index in [-0.39, 0.29) is 5.41 Å². The Morgan fingerprint density at radius 1 is 1.37 bits per heavy atom. The van der Waals surface area contributed by atoms with Crippen molar-refractivity contribution < 1.29 is 0 Å². The highest BCUT2D eigenvalue weighted by molar-refractivity contribution is 7.09. The van der Waals surface area contributed by atoms with E-state index < -0.39 is 0 Å². The zero-order valence-electron chi connectivity index (χ0n) is 12.3. The molecule has 0 saturated heterocycles. The van der Waals surface area contributed by atoms with Crippen molar-refractivity contribution >= 4 is 22.9 Å². The molecule has 1 saturated carbocycles. The van der Waals surface area contributed by atoms with E-state index in [1.165, 1.54) is 36.4 Å². The molecule has 1 aromatic heterocycles. The van der Waals surface area contributed by atoms with E-state index >= 15 is 0 Å². The van der Waals surface area contributed by atoms with E-state index in [1.54, 1.807) is 11.3 Å². The van der Waals surface area contributed by atoms with Crippen molar-refractivity contribution in [3.63, 3.8) is 0 Å². The maximum Gasteiger partial charge on any atom is 0.107 e. The van der Waals surface area contributed by atoms with Crippen LogP contribution in [0, 0.1) is 5.41 Å². The first-order chi connectivity index (χ1) is 8.95. The molecule has 0 unspecified atom stereocenters. The number of alkyl halides is 1. The normalized spacial score (nSPS) is 18.9. The van der Waals surface area contributed by atoms with Crippen molar-refractivity contribution in [3.05, 3.63) is 16.1 Å². The van der Waals surface area contributed by atoms with E-state index in [0.29, 0.717) is 5.41 Å². The highest BCUT2D eigenvalue weighted by atomic mass is 35.5. The summed E-state index contributed by atoms with van der Waals surface area (Å²) in [6.45, 7) is 8.53. The molecule has 0 aliphatic heterocycles. The van der Waals surface area contributed by atoms with Crippen LogP contribution < -0.4 is 5.32 Å². The van der Waals surface area contributed by atoms with Crippen molar-refractivity contribution in [2.45, 2.75) is 58.4 Å². The van der Waals surface area contributed by atoms with E-state index in [0.717, 1.165) is 19.0 Å². The summed E-state index contributed by atoms with van der Waals surface area (Å²) in [6, 6.07) is 0. The number of rotatable bonds is 5. The Morgan fingerprint density at radius 2 is 2.05 bits per heavy atom. The van der Waals surface area contributed by atoms with Gasteiger partial charge < -0.3 is 5.32 Å². The number of halogens is 1. The Kier molecular flexibility index (Phi) is 4.91. The smallest absolute Gasteiger partial charge is 0.107 e. The second kappa shape index (κ2) is 6.11. The third-order valence-electron chi connectivity index (χ3n) is 4.04. The maximum atomic E-state index is 6.16. The van der Waals surface area contributed by atoms with Gasteiger partial charge in [0.2, 0.25) is 0 Å². The minimum Gasteiger partial charge on any atom is -0.310 e. The third-order valence-corrected chi connectivity index (χ3v) is 5.46. The summed E-state index contributed by atoms with van der Waals surface area (Å²) >= 11 is 7.92. The van der Waals surface area contributed by atoms with Gasteiger partial charge in [-0.15, -0.1) is 22.9 Å². The lowest BCUT2D eigenvalue weighted by molar-refractivity contribution is 0.320. The minimum atomic E-state index is 0.150. The van der Waals surface area contributed by atoms with Crippen molar-refractivity contribution in [3.8, 4) is 0 Å². The molecule has 0 aromatic carbocycles. The van der Waals surface area contributed by atoms with Crippen molar-refractivity contribution in [1.29, 1.82) is 0 Å². The molecule has 1 heterocycles. The second-order valence-corrected chi connectivity index (χ2v) is 8.03. The molecule has 0 spiro atoms. The average molecular weight is 301 g/mol. The first kappa shape index (κ1) is 15.3. The Bertz CT molecular complexity index is 403. The lowest BCUT2D eigenvalue weighted by atomic mass is 9.88. The Balaban J connectivity index is 1.84. The largest absolute Gasteiger partial charge is 0.310 e. The van der Waals surface area contributed by atoms with E-state index in [1.807, 2.05) is 0 Å². The predicted molar refractivity (Wildman–Crippen MR) is 84.1 cm³/mol. The highest BCUT2D eigenvalue weighted by Gasteiger charge is 2.32. The standard InChI is InChI=1S/C15H25ClN2S/c1-14(2,3)12-9-19-13(18-12)8-17-11-15(10-16)6-4-5-7-15/h9,17H,4-8,10-11H2,1-3H3. The van der Waals surface area contributed by atoms with Crippen molar-refractivity contribution in [2.75, 3.05) is 12.4 Å². The van der Waals surface area contributed by atoms with Crippen LogP contribution in [0.3, 0.4) is 0 Å². The molecular formula is C15H25ClN2S. The summed E-state index contributed by atoms with van der Waals surface area (Å²) in [6.07, 6.45) is 5.21. The zero-order valence-corrected chi connectivity index (χ0v) is 13.8. The van der Waals surface area contributed by atoms with E-state index in [2.05, 4.69) is 31.5 Å². The molecule has 1 N–H and O–H groups in total. The first-order valence-corrected chi connectivity index (χ1v) is 8.58. The summed E-state index contributed by atoms with van der Waals surface area (Å²) in [5, 5.41) is 6.94. The molecule has 19 heavy (non-hydrogen) atoms. The Hall–Kier alpha value is -0.120. The van der Waals surface area contributed by atoms with Crippen LogP contribution in [0.1, 0.15) is 57.2 Å². The van der Waals surface area contributed by atoms with Crippen molar-refractivity contribution in [1.82, 2.24) is 10.3 Å². The maximum absolute atomic E-state index is 6.16. The van der Waals surface area contributed by atoms with Gasteiger partial charge in [0, 0.05) is 29.8 Å². The Morgan fingerprint density at radius 3 is 2.58 bits per heavy atom. The molecule has 1 fully saturated rings. The molecule has 0 atom stereocenters. The molecule has 2 rings (SSSR count). The van der Waals surface area contributed by atoms with Crippen LogP contribution in [-0.2, 0) is 12.0 Å². The van der Waals surface area contributed by atoms with Gasteiger partial charge in [0.1, 0.15) is 5.01 Å². The third kappa shape index (κ3) is 3.93. The van der Waals surface area contributed by atoms with Gasteiger partial charge in [-0.05, 0) is 18.3 Å². The molecule has 2 nitrogen and oxygen atoms in total. The molecular weight excluding hydrogens is 276 g/mol. The number of nitrogens with zero attached hydrogens (tertiary/aromatic N) is 1. The average Bonchev–Trinajstić information content (AvgIpc) is 2.97. The van der Waals surface area contributed by atoms with E-state index in [9.17, 15) is 0 Å². The molecule has 0 amide bonds. The van der Waals surface area contributed by atoms with Gasteiger partial charge in [0.05, 0.1) is 5.69 Å². The zero-order chi connectivity index (χ0) is 13.9. The van der Waals surface area contributed by atoms with Crippen LogP contribution >= 0.6 is 22.9 Å². The predicted octanol–water partition coefficient (Wildman–Crippen LogP) is 4.33. The van der Waals surface area contributed by atoms with Gasteiger partial charge in [0.15, 0.2) is 0 Å². The topological polar surface area (TPSA) is 24.9 Å². The molecule has 1 aliphatic rings. The van der Waals surface area contributed by atoms with Gasteiger partial charge in [-0.2, -0.15) is 0 Å². The molecule has 1 aliphatic carbocycles. The van der Waals surface area contributed by atoms with Crippen LogP contribution in [0.25, 0.3) is 0 Å². The lowest BCUT2D eigenvalue weighted by Crippen LogP contribution is -2.33. The second-order valence-electron chi connectivity index (χ2n) is 6.82. The molecule has 1 aromatic rings.